The normalized spacial score (nSPS) is 15.8. The number of amides is 1. The van der Waals surface area contributed by atoms with Crippen molar-refractivity contribution in [1.82, 2.24) is 24.8 Å². The molecule has 1 atom stereocenters. The van der Waals surface area contributed by atoms with Gasteiger partial charge in [0.05, 0.1) is 13.4 Å². The zero-order chi connectivity index (χ0) is 23.8. The SMILES string of the molecule is COc1ccc(CCNC(=O)CC2CCCCN2c2cc(C)nc(CCn3ccnc3)n2)cc1. The molecule has 4 rings (SSSR count). The Morgan fingerprint density at radius 2 is 2.03 bits per heavy atom. The van der Waals surface area contributed by atoms with Gasteiger partial charge in [0.2, 0.25) is 5.91 Å². The molecule has 180 valence electrons. The number of hydrogen-bond donors (Lipinski definition) is 1. The van der Waals surface area contributed by atoms with Gasteiger partial charge in [-0.25, -0.2) is 15.0 Å². The van der Waals surface area contributed by atoms with E-state index in [4.69, 9.17) is 9.72 Å². The Labute approximate surface area is 201 Å². The zero-order valence-electron chi connectivity index (χ0n) is 20.1. The van der Waals surface area contributed by atoms with Crippen LogP contribution in [0.25, 0.3) is 0 Å². The van der Waals surface area contributed by atoms with Gasteiger partial charge < -0.3 is 19.5 Å². The van der Waals surface area contributed by atoms with Crippen LogP contribution >= 0.6 is 0 Å². The van der Waals surface area contributed by atoms with Crippen molar-refractivity contribution in [3.8, 4) is 5.75 Å². The molecule has 0 radical (unpaired) electrons. The van der Waals surface area contributed by atoms with Crippen LogP contribution in [0.15, 0.2) is 49.1 Å². The number of methoxy groups -OCH3 is 1. The number of benzene rings is 1. The third-order valence-electron chi connectivity index (χ3n) is 6.28. The highest BCUT2D eigenvalue weighted by molar-refractivity contribution is 5.77. The lowest BCUT2D eigenvalue weighted by Crippen LogP contribution is -2.43. The van der Waals surface area contributed by atoms with Crippen LogP contribution in [-0.4, -0.2) is 51.7 Å². The Hall–Kier alpha value is -3.42. The lowest BCUT2D eigenvalue weighted by Gasteiger charge is -2.36. The number of aromatic nitrogens is 4. The summed E-state index contributed by atoms with van der Waals surface area (Å²) in [5, 5.41) is 3.10. The maximum atomic E-state index is 12.7. The van der Waals surface area contributed by atoms with Crippen molar-refractivity contribution in [3.05, 3.63) is 66.1 Å². The molecule has 0 bridgehead atoms. The minimum absolute atomic E-state index is 0.0940. The van der Waals surface area contributed by atoms with Crippen LogP contribution in [0.3, 0.4) is 0 Å². The largest absolute Gasteiger partial charge is 0.497 e. The first kappa shape index (κ1) is 23.7. The highest BCUT2D eigenvalue weighted by Gasteiger charge is 2.26. The summed E-state index contributed by atoms with van der Waals surface area (Å²) in [7, 11) is 1.66. The van der Waals surface area contributed by atoms with Gasteiger partial charge in [0.25, 0.3) is 0 Å². The number of anilines is 1. The van der Waals surface area contributed by atoms with E-state index in [0.29, 0.717) is 13.0 Å². The highest BCUT2D eigenvalue weighted by Crippen LogP contribution is 2.26. The number of carbonyl (C=O) groups is 1. The number of ether oxygens (including phenoxy) is 1. The van der Waals surface area contributed by atoms with Gasteiger partial charge in [0, 0.05) is 62.7 Å². The van der Waals surface area contributed by atoms with E-state index in [1.54, 1.807) is 13.3 Å². The molecule has 0 spiro atoms. The summed E-state index contributed by atoms with van der Waals surface area (Å²) in [5.74, 6) is 2.70. The Morgan fingerprint density at radius 3 is 2.79 bits per heavy atom. The second kappa shape index (κ2) is 11.6. The minimum atomic E-state index is 0.0940. The summed E-state index contributed by atoms with van der Waals surface area (Å²) < 4.78 is 7.23. The van der Waals surface area contributed by atoms with E-state index >= 15 is 0 Å². The Kier molecular flexibility index (Phi) is 8.12. The first-order chi connectivity index (χ1) is 16.6. The summed E-state index contributed by atoms with van der Waals surface area (Å²) in [6, 6.07) is 10.2. The standard InChI is InChI=1S/C26H34N6O2/c1-20-17-25(30-24(29-20)11-15-31-16-13-27-19-31)32-14-4-3-5-22(32)18-26(33)28-12-10-21-6-8-23(34-2)9-7-21/h6-9,13,16-17,19,22H,3-5,10-12,14-15,18H2,1-2H3,(H,28,33). The van der Waals surface area contributed by atoms with Crippen LogP contribution in [0.2, 0.25) is 0 Å². The molecule has 1 N–H and O–H groups in total. The molecule has 1 aliphatic rings. The van der Waals surface area contributed by atoms with E-state index in [1.165, 1.54) is 5.56 Å². The van der Waals surface area contributed by atoms with E-state index in [0.717, 1.165) is 68.3 Å². The molecule has 1 fully saturated rings. The zero-order valence-corrected chi connectivity index (χ0v) is 20.1. The number of piperidine rings is 1. The third kappa shape index (κ3) is 6.56. The van der Waals surface area contributed by atoms with Crippen molar-refractivity contribution in [1.29, 1.82) is 0 Å². The quantitative estimate of drug-likeness (QED) is 0.497. The molecular formula is C26H34N6O2. The maximum Gasteiger partial charge on any atom is 0.222 e. The average molecular weight is 463 g/mol. The fourth-order valence-electron chi connectivity index (χ4n) is 4.46. The van der Waals surface area contributed by atoms with Crippen LogP contribution in [0.1, 0.15) is 42.8 Å². The summed E-state index contributed by atoms with van der Waals surface area (Å²) in [6.45, 7) is 4.35. The van der Waals surface area contributed by atoms with Crippen LogP contribution in [0.4, 0.5) is 5.82 Å². The van der Waals surface area contributed by atoms with Gasteiger partial charge in [-0.2, -0.15) is 0 Å². The smallest absolute Gasteiger partial charge is 0.222 e. The van der Waals surface area contributed by atoms with Gasteiger partial charge in [-0.3, -0.25) is 4.79 Å². The van der Waals surface area contributed by atoms with Crippen molar-refractivity contribution in [3.63, 3.8) is 0 Å². The number of nitrogens with zero attached hydrogens (tertiary/aromatic N) is 5. The first-order valence-electron chi connectivity index (χ1n) is 12.1. The van der Waals surface area contributed by atoms with E-state index in [2.05, 4.69) is 20.2 Å². The van der Waals surface area contributed by atoms with E-state index in [1.807, 2.05) is 54.3 Å². The molecule has 8 nitrogen and oxygen atoms in total. The highest BCUT2D eigenvalue weighted by atomic mass is 16.5. The Morgan fingerprint density at radius 1 is 1.18 bits per heavy atom. The maximum absolute atomic E-state index is 12.7. The number of aryl methyl sites for hydroxylation is 3. The van der Waals surface area contributed by atoms with Gasteiger partial charge in [-0.1, -0.05) is 12.1 Å². The van der Waals surface area contributed by atoms with E-state index in [-0.39, 0.29) is 11.9 Å². The molecule has 1 aliphatic heterocycles. The fraction of sp³-hybridized carbons (Fsp3) is 0.462. The predicted octanol–water partition coefficient (Wildman–Crippen LogP) is 3.34. The van der Waals surface area contributed by atoms with Crippen molar-refractivity contribution in [2.24, 2.45) is 0 Å². The average Bonchev–Trinajstić information content (AvgIpc) is 3.37. The van der Waals surface area contributed by atoms with E-state index < -0.39 is 0 Å². The molecule has 1 saturated heterocycles. The van der Waals surface area contributed by atoms with Crippen molar-refractivity contribution >= 4 is 11.7 Å². The topological polar surface area (TPSA) is 85.2 Å². The predicted molar refractivity (Wildman–Crippen MR) is 132 cm³/mol. The molecule has 3 aromatic rings. The molecule has 0 aliphatic carbocycles. The number of nitrogens with one attached hydrogen (secondary N) is 1. The Balaban J connectivity index is 1.33. The minimum Gasteiger partial charge on any atom is -0.497 e. The molecule has 34 heavy (non-hydrogen) atoms. The molecule has 1 unspecified atom stereocenters. The first-order valence-corrected chi connectivity index (χ1v) is 12.1. The lowest BCUT2D eigenvalue weighted by molar-refractivity contribution is -0.121. The molecule has 8 heteroatoms. The molecule has 1 amide bonds. The summed E-state index contributed by atoms with van der Waals surface area (Å²) in [5.41, 5.74) is 2.14. The summed E-state index contributed by atoms with van der Waals surface area (Å²) in [6.07, 6.45) is 10.8. The number of hydrogen-bond acceptors (Lipinski definition) is 6. The van der Waals surface area contributed by atoms with Crippen LogP contribution in [-0.2, 0) is 24.2 Å². The second-order valence-corrected chi connectivity index (χ2v) is 8.83. The monoisotopic (exact) mass is 462 g/mol. The molecule has 0 saturated carbocycles. The molecular weight excluding hydrogens is 428 g/mol. The molecule has 2 aromatic heterocycles. The van der Waals surface area contributed by atoms with Crippen LogP contribution < -0.4 is 15.0 Å². The lowest BCUT2D eigenvalue weighted by atomic mass is 9.98. The van der Waals surface area contributed by atoms with Gasteiger partial charge >= 0.3 is 0 Å². The van der Waals surface area contributed by atoms with Gasteiger partial charge in [-0.15, -0.1) is 0 Å². The van der Waals surface area contributed by atoms with Gasteiger partial charge in [0.1, 0.15) is 17.4 Å². The number of carbonyl (C=O) groups excluding carboxylic acids is 1. The van der Waals surface area contributed by atoms with Crippen molar-refractivity contribution in [2.75, 3.05) is 25.1 Å². The number of rotatable bonds is 10. The molecule has 1 aromatic carbocycles. The van der Waals surface area contributed by atoms with Crippen molar-refractivity contribution in [2.45, 2.75) is 58.0 Å². The number of imidazole rings is 1. The fourth-order valence-corrected chi connectivity index (χ4v) is 4.46. The van der Waals surface area contributed by atoms with E-state index in [9.17, 15) is 4.79 Å². The molecule has 3 heterocycles. The second-order valence-electron chi connectivity index (χ2n) is 8.83. The van der Waals surface area contributed by atoms with Crippen molar-refractivity contribution < 1.29 is 9.53 Å². The van der Waals surface area contributed by atoms with Crippen LogP contribution in [0, 0.1) is 6.92 Å². The van der Waals surface area contributed by atoms with Crippen LogP contribution in [0.5, 0.6) is 5.75 Å². The van der Waals surface area contributed by atoms with Gasteiger partial charge in [0.15, 0.2) is 0 Å². The third-order valence-corrected chi connectivity index (χ3v) is 6.28. The summed E-state index contributed by atoms with van der Waals surface area (Å²) >= 11 is 0. The Bertz CT molecular complexity index is 1050. The summed E-state index contributed by atoms with van der Waals surface area (Å²) in [4.78, 5) is 28.7. The van der Waals surface area contributed by atoms with Gasteiger partial charge in [-0.05, 0) is 50.3 Å².